The van der Waals surface area contributed by atoms with Crippen LogP contribution in [-0.4, -0.2) is 31.3 Å². The molecule has 0 aliphatic rings. The Bertz CT molecular complexity index is 684. The monoisotopic (exact) mass is 333 g/mol. The van der Waals surface area contributed by atoms with Gasteiger partial charge < -0.3 is 24.6 Å². The van der Waals surface area contributed by atoms with Gasteiger partial charge in [0.1, 0.15) is 5.76 Å². The zero-order chi connectivity index (χ0) is 17.5. The van der Waals surface area contributed by atoms with Crippen molar-refractivity contribution in [1.82, 2.24) is 10.5 Å². The van der Waals surface area contributed by atoms with Crippen LogP contribution in [0.4, 0.5) is 5.82 Å². The minimum absolute atomic E-state index is 0.147. The predicted octanol–water partition coefficient (Wildman–Crippen LogP) is 2.51. The maximum Gasteiger partial charge on any atom is 0.242 e. The number of carbonyl (C=O) groups excluding carboxylic acids is 1. The van der Waals surface area contributed by atoms with Gasteiger partial charge in [0.15, 0.2) is 17.3 Å². The molecule has 7 heteroatoms. The lowest BCUT2D eigenvalue weighted by atomic mass is 10.1. The second-order valence-electron chi connectivity index (χ2n) is 5.34. The Labute approximate surface area is 141 Å². The summed E-state index contributed by atoms with van der Waals surface area (Å²) in [7, 11) is 3.19. The molecule has 2 aromatic rings. The van der Waals surface area contributed by atoms with Crippen molar-refractivity contribution in [1.29, 1.82) is 0 Å². The van der Waals surface area contributed by atoms with Crippen LogP contribution >= 0.6 is 0 Å². The molecule has 0 spiro atoms. The summed E-state index contributed by atoms with van der Waals surface area (Å²) >= 11 is 0. The molecule has 0 fully saturated rings. The Kier molecular flexibility index (Phi) is 6.20. The number of amides is 1. The minimum Gasteiger partial charge on any atom is -0.493 e. The molecule has 2 rings (SSSR count). The van der Waals surface area contributed by atoms with Gasteiger partial charge in [0.25, 0.3) is 0 Å². The van der Waals surface area contributed by atoms with E-state index in [0.29, 0.717) is 36.0 Å². The van der Waals surface area contributed by atoms with Gasteiger partial charge in [0.2, 0.25) is 5.91 Å². The Balaban J connectivity index is 1.96. The fourth-order valence-corrected chi connectivity index (χ4v) is 2.29. The molecule has 0 aliphatic carbocycles. The molecule has 130 valence electrons. The van der Waals surface area contributed by atoms with Crippen LogP contribution in [0, 0.1) is 6.92 Å². The van der Waals surface area contributed by atoms with Crippen LogP contribution in [0.5, 0.6) is 11.5 Å². The van der Waals surface area contributed by atoms with Crippen LogP contribution in [0.2, 0.25) is 0 Å². The third-order valence-electron chi connectivity index (χ3n) is 3.60. The number of aryl methyl sites for hydroxylation is 1. The minimum atomic E-state index is -0.338. The number of hydrogen-bond donors (Lipinski definition) is 2. The van der Waals surface area contributed by atoms with Crippen LogP contribution in [0.15, 0.2) is 28.8 Å². The molecule has 1 aromatic heterocycles. The number of rotatable bonds is 8. The second-order valence-corrected chi connectivity index (χ2v) is 5.34. The van der Waals surface area contributed by atoms with Crippen molar-refractivity contribution in [3.05, 3.63) is 35.6 Å². The lowest BCUT2D eigenvalue weighted by Crippen LogP contribution is -2.39. The molecular weight excluding hydrogens is 310 g/mol. The molecule has 0 saturated carbocycles. The van der Waals surface area contributed by atoms with Gasteiger partial charge in [0.05, 0.1) is 20.3 Å². The van der Waals surface area contributed by atoms with E-state index < -0.39 is 0 Å². The second kappa shape index (κ2) is 8.35. The normalized spacial score (nSPS) is 11.8. The summed E-state index contributed by atoms with van der Waals surface area (Å²) in [5.74, 6) is 2.26. The quantitative estimate of drug-likeness (QED) is 0.772. The number of benzene rings is 1. The van der Waals surface area contributed by atoms with E-state index in [1.807, 2.05) is 25.1 Å². The Hall–Kier alpha value is -2.54. The third kappa shape index (κ3) is 4.48. The summed E-state index contributed by atoms with van der Waals surface area (Å²) in [4.78, 5) is 12.3. The number of methoxy groups -OCH3 is 2. The highest BCUT2D eigenvalue weighted by molar-refractivity contribution is 5.93. The van der Waals surface area contributed by atoms with Gasteiger partial charge in [-0.2, -0.15) is 0 Å². The lowest BCUT2D eigenvalue weighted by molar-refractivity contribution is -0.118. The van der Waals surface area contributed by atoms with Crippen molar-refractivity contribution < 1.29 is 18.8 Å². The van der Waals surface area contributed by atoms with Crippen molar-refractivity contribution >= 4 is 11.7 Å². The van der Waals surface area contributed by atoms with E-state index >= 15 is 0 Å². The van der Waals surface area contributed by atoms with Crippen molar-refractivity contribution in [2.45, 2.75) is 32.9 Å². The van der Waals surface area contributed by atoms with Gasteiger partial charge >= 0.3 is 0 Å². The fourth-order valence-electron chi connectivity index (χ4n) is 2.29. The SMILES string of the molecule is CCC(NCc1ccc(OC)c(OC)c1)C(=O)Nc1cc(C)on1. The zero-order valence-corrected chi connectivity index (χ0v) is 14.4. The van der Waals surface area contributed by atoms with Gasteiger partial charge in [-0.15, -0.1) is 0 Å². The Morgan fingerprint density at radius 3 is 2.58 bits per heavy atom. The number of nitrogens with one attached hydrogen (secondary N) is 2. The first-order valence-corrected chi connectivity index (χ1v) is 7.75. The van der Waals surface area contributed by atoms with Crippen molar-refractivity contribution in [3.63, 3.8) is 0 Å². The number of nitrogens with zero attached hydrogens (tertiary/aromatic N) is 1. The highest BCUT2D eigenvalue weighted by atomic mass is 16.5. The van der Waals surface area contributed by atoms with E-state index in [2.05, 4.69) is 15.8 Å². The molecule has 1 amide bonds. The Morgan fingerprint density at radius 2 is 2.00 bits per heavy atom. The maximum absolute atomic E-state index is 12.3. The average Bonchev–Trinajstić information content (AvgIpc) is 2.99. The Morgan fingerprint density at radius 1 is 1.25 bits per heavy atom. The zero-order valence-electron chi connectivity index (χ0n) is 14.4. The van der Waals surface area contributed by atoms with Crippen LogP contribution < -0.4 is 20.1 Å². The molecule has 24 heavy (non-hydrogen) atoms. The van der Waals surface area contributed by atoms with Gasteiger partial charge in [0, 0.05) is 12.6 Å². The molecule has 0 bridgehead atoms. The summed E-state index contributed by atoms with van der Waals surface area (Å²) in [6, 6.07) is 7.00. The summed E-state index contributed by atoms with van der Waals surface area (Å²) in [6.07, 6.45) is 0.649. The standard InChI is InChI=1S/C17H23N3O4/c1-5-13(17(21)19-16-8-11(2)24-20-16)18-10-12-6-7-14(22-3)15(9-12)23-4/h6-9,13,18H,5,10H2,1-4H3,(H,19,20,21). The van der Waals surface area contributed by atoms with Gasteiger partial charge in [-0.05, 0) is 31.0 Å². The van der Waals surface area contributed by atoms with Crippen molar-refractivity contribution in [2.75, 3.05) is 19.5 Å². The first-order chi connectivity index (χ1) is 11.6. The molecule has 7 nitrogen and oxygen atoms in total. The van der Waals surface area contributed by atoms with Crippen LogP contribution in [0.3, 0.4) is 0 Å². The van der Waals surface area contributed by atoms with E-state index in [1.54, 1.807) is 27.2 Å². The maximum atomic E-state index is 12.3. The average molecular weight is 333 g/mol. The first kappa shape index (κ1) is 17.8. The van der Waals surface area contributed by atoms with E-state index in [-0.39, 0.29) is 11.9 Å². The predicted molar refractivity (Wildman–Crippen MR) is 90.3 cm³/mol. The van der Waals surface area contributed by atoms with E-state index in [1.165, 1.54) is 0 Å². The highest BCUT2D eigenvalue weighted by Crippen LogP contribution is 2.27. The molecule has 1 heterocycles. The van der Waals surface area contributed by atoms with Crippen molar-refractivity contribution in [2.24, 2.45) is 0 Å². The van der Waals surface area contributed by atoms with Crippen LogP contribution in [-0.2, 0) is 11.3 Å². The molecule has 1 atom stereocenters. The summed E-state index contributed by atoms with van der Waals surface area (Å²) in [5.41, 5.74) is 0.996. The van der Waals surface area contributed by atoms with E-state index in [4.69, 9.17) is 14.0 Å². The highest BCUT2D eigenvalue weighted by Gasteiger charge is 2.17. The number of anilines is 1. The number of aromatic nitrogens is 1. The molecule has 1 aromatic carbocycles. The van der Waals surface area contributed by atoms with E-state index in [9.17, 15) is 4.79 Å². The molecular formula is C17H23N3O4. The lowest BCUT2D eigenvalue weighted by Gasteiger charge is -2.16. The molecule has 0 saturated heterocycles. The van der Waals surface area contributed by atoms with Crippen molar-refractivity contribution in [3.8, 4) is 11.5 Å². The van der Waals surface area contributed by atoms with Gasteiger partial charge in [-0.25, -0.2) is 0 Å². The van der Waals surface area contributed by atoms with Crippen LogP contribution in [0.1, 0.15) is 24.7 Å². The van der Waals surface area contributed by atoms with E-state index in [0.717, 1.165) is 5.56 Å². The molecule has 0 radical (unpaired) electrons. The summed E-state index contributed by atoms with van der Waals surface area (Å²) in [6.45, 7) is 4.25. The number of carbonyl (C=O) groups is 1. The number of hydrogen-bond acceptors (Lipinski definition) is 6. The first-order valence-electron chi connectivity index (χ1n) is 7.75. The topological polar surface area (TPSA) is 85.6 Å². The smallest absolute Gasteiger partial charge is 0.242 e. The van der Waals surface area contributed by atoms with Crippen LogP contribution in [0.25, 0.3) is 0 Å². The summed E-state index contributed by atoms with van der Waals surface area (Å²) < 4.78 is 15.5. The molecule has 1 unspecified atom stereocenters. The summed E-state index contributed by atoms with van der Waals surface area (Å²) in [5, 5.41) is 9.74. The fraction of sp³-hybridized carbons (Fsp3) is 0.412. The largest absolute Gasteiger partial charge is 0.493 e. The third-order valence-corrected chi connectivity index (χ3v) is 3.60. The number of ether oxygens (including phenoxy) is 2. The van der Waals surface area contributed by atoms with Gasteiger partial charge in [-0.3, -0.25) is 4.79 Å². The molecule has 0 aliphatic heterocycles. The molecule has 2 N–H and O–H groups in total. The van der Waals surface area contributed by atoms with Gasteiger partial charge in [-0.1, -0.05) is 18.1 Å².